The van der Waals surface area contributed by atoms with Gasteiger partial charge in [0.15, 0.2) is 0 Å². The van der Waals surface area contributed by atoms with Gasteiger partial charge in [-0.2, -0.15) is 0 Å². The minimum atomic E-state index is 0.199. The van der Waals surface area contributed by atoms with Gasteiger partial charge in [-0.25, -0.2) is 15.0 Å². The molecule has 0 bridgehead atoms. The molecule has 24 heavy (non-hydrogen) atoms. The lowest BCUT2D eigenvalue weighted by Crippen LogP contribution is -2.39. The van der Waals surface area contributed by atoms with Gasteiger partial charge in [0.25, 0.3) is 0 Å². The second-order valence-corrected chi connectivity index (χ2v) is 6.73. The Morgan fingerprint density at radius 1 is 1.08 bits per heavy atom. The van der Waals surface area contributed by atoms with Crippen LogP contribution >= 0.6 is 0 Å². The van der Waals surface area contributed by atoms with Gasteiger partial charge < -0.3 is 9.64 Å². The van der Waals surface area contributed by atoms with Crippen molar-refractivity contribution in [2.45, 2.75) is 51.0 Å². The number of aromatic nitrogens is 4. The summed E-state index contributed by atoms with van der Waals surface area (Å²) in [5, 5.41) is 0. The van der Waals surface area contributed by atoms with Crippen LogP contribution < -0.4 is 9.64 Å². The van der Waals surface area contributed by atoms with Gasteiger partial charge >= 0.3 is 0 Å². The first-order chi connectivity index (χ1) is 11.8. The molecule has 1 aliphatic carbocycles. The van der Waals surface area contributed by atoms with E-state index < -0.39 is 0 Å². The first-order valence-corrected chi connectivity index (χ1v) is 8.80. The number of anilines is 1. The van der Waals surface area contributed by atoms with Gasteiger partial charge in [-0.1, -0.05) is 6.42 Å². The van der Waals surface area contributed by atoms with Crippen LogP contribution in [-0.4, -0.2) is 39.1 Å². The SMILES string of the molecule is Cc1cncc(OC2CCN(c3cc(C4CCC4)ncn3)CC2)n1. The van der Waals surface area contributed by atoms with E-state index in [4.69, 9.17) is 4.74 Å². The molecule has 4 rings (SSSR count). The minimum Gasteiger partial charge on any atom is -0.473 e. The molecule has 0 unspecified atom stereocenters. The first kappa shape index (κ1) is 15.3. The van der Waals surface area contributed by atoms with Gasteiger partial charge in [0.05, 0.1) is 11.9 Å². The Kier molecular flexibility index (Phi) is 4.28. The summed E-state index contributed by atoms with van der Waals surface area (Å²) in [5.74, 6) is 2.33. The fraction of sp³-hybridized carbons (Fsp3) is 0.556. The fourth-order valence-electron chi connectivity index (χ4n) is 3.33. The molecule has 6 nitrogen and oxygen atoms in total. The molecule has 2 aromatic rings. The maximum absolute atomic E-state index is 5.98. The van der Waals surface area contributed by atoms with Crippen molar-refractivity contribution in [2.24, 2.45) is 0 Å². The van der Waals surface area contributed by atoms with Crippen LogP contribution in [0, 0.1) is 6.92 Å². The van der Waals surface area contributed by atoms with E-state index in [1.165, 1.54) is 25.0 Å². The van der Waals surface area contributed by atoms with E-state index in [0.29, 0.717) is 11.8 Å². The highest BCUT2D eigenvalue weighted by molar-refractivity contribution is 5.40. The zero-order chi connectivity index (χ0) is 16.4. The highest BCUT2D eigenvalue weighted by atomic mass is 16.5. The predicted octanol–water partition coefficient (Wildman–Crippen LogP) is 2.89. The molecule has 1 saturated heterocycles. The summed E-state index contributed by atoms with van der Waals surface area (Å²) in [5.41, 5.74) is 2.09. The second-order valence-electron chi connectivity index (χ2n) is 6.73. The molecule has 1 aliphatic heterocycles. The lowest BCUT2D eigenvalue weighted by atomic mass is 9.83. The topological polar surface area (TPSA) is 64.0 Å². The summed E-state index contributed by atoms with van der Waals surface area (Å²) in [4.78, 5) is 19.8. The summed E-state index contributed by atoms with van der Waals surface area (Å²) in [6.45, 7) is 3.83. The number of rotatable bonds is 4. The molecular weight excluding hydrogens is 302 g/mol. The zero-order valence-electron chi connectivity index (χ0n) is 14.1. The van der Waals surface area contributed by atoms with Crippen molar-refractivity contribution in [3.8, 4) is 5.88 Å². The highest BCUT2D eigenvalue weighted by Gasteiger charge is 2.25. The molecule has 0 spiro atoms. The van der Waals surface area contributed by atoms with Gasteiger partial charge in [-0.05, 0) is 19.8 Å². The molecule has 2 aliphatic rings. The quantitative estimate of drug-likeness (QED) is 0.861. The molecular formula is C18H23N5O. The molecule has 2 aromatic heterocycles. The number of hydrogen-bond donors (Lipinski definition) is 0. The van der Waals surface area contributed by atoms with Gasteiger partial charge in [0, 0.05) is 49.8 Å². The number of hydrogen-bond acceptors (Lipinski definition) is 6. The number of piperidine rings is 1. The van der Waals surface area contributed by atoms with Crippen LogP contribution in [0.3, 0.4) is 0 Å². The summed E-state index contributed by atoms with van der Waals surface area (Å²) in [7, 11) is 0. The van der Waals surface area contributed by atoms with Crippen LogP contribution in [0.15, 0.2) is 24.8 Å². The molecule has 6 heteroatoms. The van der Waals surface area contributed by atoms with Gasteiger partial charge in [-0.3, -0.25) is 4.98 Å². The van der Waals surface area contributed by atoms with E-state index in [9.17, 15) is 0 Å². The summed E-state index contributed by atoms with van der Waals surface area (Å²) in [6.07, 6.45) is 11.1. The predicted molar refractivity (Wildman–Crippen MR) is 91.3 cm³/mol. The van der Waals surface area contributed by atoms with E-state index in [0.717, 1.165) is 37.4 Å². The largest absolute Gasteiger partial charge is 0.473 e. The Bertz CT molecular complexity index is 695. The fourth-order valence-corrected chi connectivity index (χ4v) is 3.33. The summed E-state index contributed by atoms with van der Waals surface area (Å²) < 4.78 is 5.98. The van der Waals surface area contributed by atoms with Crippen molar-refractivity contribution in [3.63, 3.8) is 0 Å². The van der Waals surface area contributed by atoms with Crippen molar-refractivity contribution >= 4 is 5.82 Å². The van der Waals surface area contributed by atoms with Crippen molar-refractivity contribution < 1.29 is 4.74 Å². The monoisotopic (exact) mass is 325 g/mol. The van der Waals surface area contributed by atoms with E-state index in [1.54, 1.807) is 18.7 Å². The molecule has 2 fully saturated rings. The lowest BCUT2D eigenvalue weighted by molar-refractivity contribution is 0.163. The van der Waals surface area contributed by atoms with Gasteiger partial charge in [0.1, 0.15) is 18.2 Å². The Balaban J connectivity index is 1.36. The maximum Gasteiger partial charge on any atom is 0.232 e. The van der Waals surface area contributed by atoms with Crippen molar-refractivity contribution in [2.75, 3.05) is 18.0 Å². The standard InChI is InChI=1S/C18H23N5O/c1-13-10-19-11-18(22-13)24-15-5-7-23(8-6-15)17-9-16(20-12-21-17)14-3-2-4-14/h9-12,14-15H,2-8H2,1H3. The number of ether oxygens (including phenoxy) is 1. The Morgan fingerprint density at radius 2 is 1.92 bits per heavy atom. The average molecular weight is 325 g/mol. The molecule has 1 saturated carbocycles. The van der Waals surface area contributed by atoms with E-state index in [1.807, 2.05) is 6.92 Å². The third-order valence-electron chi connectivity index (χ3n) is 4.98. The molecule has 0 N–H and O–H groups in total. The third kappa shape index (κ3) is 3.32. The Hall–Kier alpha value is -2.24. The Labute approximate surface area is 142 Å². The van der Waals surface area contributed by atoms with Crippen LogP contribution in [0.1, 0.15) is 49.4 Å². The van der Waals surface area contributed by atoms with E-state index in [2.05, 4.69) is 30.9 Å². The van der Waals surface area contributed by atoms with E-state index >= 15 is 0 Å². The number of aryl methyl sites for hydroxylation is 1. The number of nitrogens with zero attached hydrogens (tertiary/aromatic N) is 5. The molecule has 0 aromatic carbocycles. The second kappa shape index (κ2) is 6.71. The normalized spacial score (nSPS) is 19.1. The smallest absolute Gasteiger partial charge is 0.232 e. The summed E-state index contributed by atoms with van der Waals surface area (Å²) in [6, 6.07) is 2.18. The lowest BCUT2D eigenvalue weighted by Gasteiger charge is -2.33. The molecule has 126 valence electrons. The molecule has 0 radical (unpaired) electrons. The van der Waals surface area contributed by atoms with Crippen LogP contribution in [0.4, 0.5) is 5.82 Å². The highest BCUT2D eigenvalue weighted by Crippen LogP contribution is 2.36. The third-order valence-corrected chi connectivity index (χ3v) is 4.98. The molecule has 0 atom stereocenters. The van der Waals surface area contributed by atoms with Gasteiger partial charge in [0.2, 0.25) is 5.88 Å². The van der Waals surface area contributed by atoms with Crippen molar-refractivity contribution in [1.82, 2.24) is 19.9 Å². The summed E-state index contributed by atoms with van der Waals surface area (Å²) >= 11 is 0. The van der Waals surface area contributed by atoms with Gasteiger partial charge in [-0.15, -0.1) is 0 Å². The van der Waals surface area contributed by atoms with Crippen LogP contribution in [0.25, 0.3) is 0 Å². The van der Waals surface area contributed by atoms with E-state index in [-0.39, 0.29) is 6.10 Å². The Morgan fingerprint density at radius 3 is 2.62 bits per heavy atom. The van der Waals surface area contributed by atoms with Crippen molar-refractivity contribution in [1.29, 1.82) is 0 Å². The van der Waals surface area contributed by atoms with Crippen LogP contribution in [-0.2, 0) is 0 Å². The maximum atomic E-state index is 5.98. The van der Waals surface area contributed by atoms with Crippen LogP contribution in [0.2, 0.25) is 0 Å². The minimum absolute atomic E-state index is 0.199. The zero-order valence-corrected chi connectivity index (χ0v) is 14.1. The molecule has 3 heterocycles. The average Bonchev–Trinajstić information content (AvgIpc) is 2.54. The molecule has 0 amide bonds. The first-order valence-electron chi connectivity index (χ1n) is 8.80. The van der Waals surface area contributed by atoms with Crippen LogP contribution in [0.5, 0.6) is 5.88 Å². The van der Waals surface area contributed by atoms with Crippen molar-refractivity contribution in [3.05, 3.63) is 36.2 Å².